The van der Waals surface area contributed by atoms with Gasteiger partial charge < -0.3 is 10.7 Å². The molecule has 4 nitrogen and oxygen atoms in total. The number of aromatic amines is 1. The second-order valence-electron chi connectivity index (χ2n) is 2.44. The van der Waals surface area contributed by atoms with Crippen LogP contribution in [0, 0.1) is 0 Å². The van der Waals surface area contributed by atoms with E-state index < -0.39 is 23.6 Å². The highest BCUT2D eigenvalue weighted by Gasteiger charge is 2.16. The Kier molecular flexibility index (Phi) is 3.00. The van der Waals surface area contributed by atoms with E-state index in [0.29, 0.717) is 0 Å². The summed E-state index contributed by atoms with van der Waals surface area (Å²) in [6.07, 6.45) is -2.80. The number of H-pyrrole nitrogens is 1. The molecule has 0 unspecified atom stereocenters. The largest absolute Gasteiger partial charge is 0.365 e. The lowest BCUT2D eigenvalue weighted by Crippen LogP contribution is -2.25. The van der Waals surface area contributed by atoms with Crippen LogP contribution in [0.25, 0.3) is 0 Å². The van der Waals surface area contributed by atoms with Gasteiger partial charge in [-0.1, -0.05) is 0 Å². The van der Waals surface area contributed by atoms with Gasteiger partial charge in [0.2, 0.25) is 0 Å². The van der Waals surface area contributed by atoms with E-state index in [1.165, 1.54) is 0 Å². The number of pyridine rings is 1. The van der Waals surface area contributed by atoms with Gasteiger partial charge >= 0.3 is 0 Å². The maximum Gasteiger partial charge on any atom is 0.278 e. The summed E-state index contributed by atoms with van der Waals surface area (Å²) in [7, 11) is 0. The van der Waals surface area contributed by atoms with E-state index in [4.69, 9.17) is 5.73 Å². The number of halogens is 3. The highest BCUT2D eigenvalue weighted by Crippen LogP contribution is 2.20. The van der Waals surface area contributed by atoms with Crippen molar-refractivity contribution in [2.45, 2.75) is 6.43 Å². The van der Waals surface area contributed by atoms with Gasteiger partial charge in [0.15, 0.2) is 0 Å². The van der Waals surface area contributed by atoms with E-state index in [1.54, 1.807) is 0 Å². The van der Waals surface area contributed by atoms with Gasteiger partial charge in [0.1, 0.15) is 5.56 Å². The number of nitrogens with two attached hydrogens (primary N) is 1. The van der Waals surface area contributed by atoms with Crippen molar-refractivity contribution in [3.8, 4) is 0 Å². The molecule has 0 aliphatic heterocycles. The van der Waals surface area contributed by atoms with Crippen molar-refractivity contribution in [2.24, 2.45) is 5.73 Å². The van der Waals surface area contributed by atoms with Crippen LogP contribution in [-0.4, -0.2) is 10.9 Å². The molecule has 76 valence electrons. The lowest BCUT2D eigenvalue weighted by Gasteiger charge is -2.02. The minimum Gasteiger partial charge on any atom is -0.365 e. The van der Waals surface area contributed by atoms with Crippen LogP contribution >= 0.6 is 15.9 Å². The zero-order valence-corrected chi connectivity index (χ0v) is 8.27. The molecule has 1 rings (SSSR count). The molecule has 1 amide bonds. The predicted octanol–water partition coefficient (Wildman–Crippen LogP) is 1.17. The fraction of sp³-hybridized carbons (Fsp3) is 0.143. The molecule has 14 heavy (non-hydrogen) atoms. The smallest absolute Gasteiger partial charge is 0.278 e. The third-order valence-corrected chi connectivity index (χ3v) is 2.11. The standard InChI is InChI=1S/C7H5BrF2N2O2/c8-2-1-3(5(9)10)12-7(14)4(2)6(11)13/h1,5H,(H2,11,13)(H,12,14). The Bertz CT molecular complexity index is 430. The van der Waals surface area contributed by atoms with E-state index in [1.807, 2.05) is 4.98 Å². The van der Waals surface area contributed by atoms with Crippen molar-refractivity contribution in [3.63, 3.8) is 0 Å². The Balaban J connectivity index is 3.40. The molecule has 0 aliphatic rings. The van der Waals surface area contributed by atoms with Crippen LogP contribution in [0.15, 0.2) is 15.3 Å². The molecule has 1 aromatic heterocycles. The molecule has 0 fully saturated rings. The molecule has 0 aliphatic carbocycles. The molecule has 0 radical (unpaired) electrons. The summed E-state index contributed by atoms with van der Waals surface area (Å²) in [6.45, 7) is 0. The van der Waals surface area contributed by atoms with Crippen LogP contribution < -0.4 is 11.3 Å². The van der Waals surface area contributed by atoms with Crippen molar-refractivity contribution in [2.75, 3.05) is 0 Å². The summed E-state index contributed by atoms with van der Waals surface area (Å²) in [5, 5.41) is 0. The first-order chi connectivity index (χ1) is 6.43. The molecule has 7 heteroatoms. The quantitative estimate of drug-likeness (QED) is 0.843. The SMILES string of the molecule is NC(=O)c1c(Br)cc(C(F)F)[nH]c1=O. The molecule has 0 aromatic carbocycles. The number of aromatic nitrogens is 1. The van der Waals surface area contributed by atoms with Crippen molar-refractivity contribution < 1.29 is 13.6 Å². The summed E-state index contributed by atoms with van der Waals surface area (Å²) in [6, 6.07) is 0.951. The fourth-order valence-electron chi connectivity index (χ4n) is 0.894. The lowest BCUT2D eigenvalue weighted by molar-refractivity contribution is 0.0997. The third-order valence-electron chi connectivity index (χ3n) is 1.49. The summed E-state index contributed by atoms with van der Waals surface area (Å²) in [4.78, 5) is 23.7. The first-order valence-electron chi connectivity index (χ1n) is 3.44. The molecule has 0 bridgehead atoms. The minimum atomic E-state index is -2.80. The second kappa shape index (κ2) is 3.87. The Labute approximate surface area is 85.2 Å². The molecule has 3 N–H and O–H groups in total. The van der Waals surface area contributed by atoms with Crippen LogP contribution in [0.3, 0.4) is 0 Å². The molecule has 0 saturated carbocycles. The van der Waals surface area contributed by atoms with Crippen molar-refractivity contribution in [1.29, 1.82) is 0 Å². The third kappa shape index (κ3) is 1.98. The number of carbonyl (C=O) groups excluding carboxylic acids is 1. The molecule has 1 aromatic rings. The summed E-state index contributed by atoms with van der Waals surface area (Å²) in [5.41, 5.74) is 3.01. The van der Waals surface area contributed by atoms with Crippen LogP contribution in [0.4, 0.5) is 8.78 Å². The van der Waals surface area contributed by atoms with Gasteiger partial charge in [-0.15, -0.1) is 0 Å². The van der Waals surface area contributed by atoms with Crippen LogP contribution in [-0.2, 0) is 0 Å². The van der Waals surface area contributed by atoms with Crippen molar-refractivity contribution >= 4 is 21.8 Å². The van der Waals surface area contributed by atoms with Crippen molar-refractivity contribution in [3.05, 3.63) is 32.2 Å². The first kappa shape index (κ1) is 10.8. The summed E-state index contributed by atoms with van der Waals surface area (Å²) < 4.78 is 24.3. The number of nitrogens with one attached hydrogen (secondary N) is 1. The molecule has 0 saturated heterocycles. The van der Waals surface area contributed by atoms with Gasteiger partial charge in [0, 0.05) is 4.47 Å². The number of amides is 1. The van der Waals surface area contributed by atoms with E-state index in [0.717, 1.165) is 6.07 Å². The average Bonchev–Trinajstić information content (AvgIpc) is 2.01. The van der Waals surface area contributed by atoms with Crippen LogP contribution in [0.2, 0.25) is 0 Å². The van der Waals surface area contributed by atoms with E-state index in [-0.39, 0.29) is 10.0 Å². The maximum absolute atomic E-state index is 12.2. The molecular formula is C7H5BrF2N2O2. The average molecular weight is 267 g/mol. The van der Waals surface area contributed by atoms with Crippen molar-refractivity contribution in [1.82, 2.24) is 4.98 Å². The highest BCUT2D eigenvalue weighted by molar-refractivity contribution is 9.10. The molecule has 0 atom stereocenters. The number of rotatable bonds is 2. The van der Waals surface area contributed by atoms with Gasteiger partial charge in [0.05, 0.1) is 5.69 Å². The van der Waals surface area contributed by atoms with Gasteiger partial charge in [-0.2, -0.15) is 0 Å². The first-order valence-corrected chi connectivity index (χ1v) is 4.23. The van der Waals surface area contributed by atoms with Gasteiger partial charge in [0.25, 0.3) is 17.9 Å². The number of hydrogen-bond acceptors (Lipinski definition) is 2. The van der Waals surface area contributed by atoms with E-state index in [2.05, 4.69) is 15.9 Å². The Morgan fingerprint density at radius 2 is 2.14 bits per heavy atom. The summed E-state index contributed by atoms with van der Waals surface area (Å²) in [5.74, 6) is -0.973. The zero-order chi connectivity index (χ0) is 10.9. The number of primary amides is 1. The molecule has 0 spiro atoms. The summed E-state index contributed by atoms with van der Waals surface area (Å²) >= 11 is 2.81. The Morgan fingerprint density at radius 1 is 1.57 bits per heavy atom. The zero-order valence-electron chi connectivity index (χ0n) is 6.68. The van der Waals surface area contributed by atoms with E-state index in [9.17, 15) is 18.4 Å². The second-order valence-corrected chi connectivity index (χ2v) is 3.30. The molecular weight excluding hydrogens is 262 g/mol. The lowest BCUT2D eigenvalue weighted by atomic mass is 10.2. The number of carbonyl (C=O) groups is 1. The Hall–Kier alpha value is -1.24. The number of hydrogen-bond donors (Lipinski definition) is 2. The highest BCUT2D eigenvalue weighted by atomic mass is 79.9. The Morgan fingerprint density at radius 3 is 2.50 bits per heavy atom. The predicted molar refractivity (Wildman–Crippen MR) is 48.2 cm³/mol. The fourth-order valence-corrected chi connectivity index (χ4v) is 1.52. The molecule has 1 heterocycles. The maximum atomic E-state index is 12.2. The number of alkyl halides is 2. The van der Waals surface area contributed by atoms with Crippen LogP contribution in [0.5, 0.6) is 0 Å². The van der Waals surface area contributed by atoms with Gasteiger partial charge in [-0.3, -0.25) is 9.59 Å². The van der Waals surface area contributed by atoms with Gasteiger partial charge in [-0.05, 0) is 22.0 Å². The normalized spacial score (nSPS) is 10.6. The topological polar surface area (TPSA) is 76.0 Å². The monoisotopic (exact) mass is 266 g/mol. The van der Waals surface area contributed by atoms with E-state index >= 15 is 0 Å². The minimum absolute atomic E-state index is 0.0379. The van der Waals surface area contributed by atoms with Crippen LogP contribution in [0.1, 0.15) is 22.5 Å². The van der Waals surface area contributed by atoms with Gasteiger partial charge in [-0.25, -0.2) is 8.78 Å².